The van der Waals surface area contributed by atoms with Crippen molar-refractivity contribution in [1.29, 1.82) is 0 Å². The van der Waals surface area contributed by atoms with Crippen molar-refractivity contribution >= 4 is 0 Å². The van der Waals surface area contributed by atoms with E-state index in [-0.39, 0.29) is 6.42 Å². The lowest BCUT2D eigenvalue weighted by atomic mass is 9.86. The molecule has 6 N–H and O–H groups in total. The van der Waals surface area contributed by atoms with Gasteiger partial charge < -0.3 is 30.6 Å². The van der Waals surface area contributed by atoms with Gasteiger partial charge in [-0.25, -0.2) is 0 Å². The molecule has 0 aliphatic rings. The highest BCUT2D eigenvalue weighted by Crippen LogP contribution is 2.20. The first kappa shape index (κ1) is 13.8. The van der Waals surface area contributed by atoms with Crippen molar-refractivity contribution < 1.29 is 30.6 Å². The first-order chi connectivity index (χ1) is 6.40. The van der Waals surface area contributed by atoms with Crippen molar-refractivity contribution in [1.82, 2.24) is 0 Å². The van der Waals surface area contributed by atoms with E-state index in [1.165, 1.54) is 6.92 Å². The monoisotopic (exact) mass is 210 g/mol. The largest absolute Gasteiger partial charge is 0.396 e. The zero-order valence-corrected chi connectivity index (χ0v) is 8.04. The number of hydrogen-bond acceptors (Lipinski definition) is 6. The Balaban J connectivity index is 4.59. The molecule has 0 saturated heterocycles. The van der Waals surface area contributed by atoms with Crippen molar-refractivity contribution in [2.24, 2.45) is 0 Å². The van der Waals surface area contributed by atoms with Gasteiger partial charge in [0.25, 0.3) is 0 Å². The Morgan fingerprint density at radius 3 is 1.93 bits per heavy atom. The Morgan fingerprint density at radius 1 is 1.14 bits per heavy atom. The maximum atomic E-state index is 9.64. The summed E-state index contributed by atoms with van der Waals surface area (Å²) in [4.78, 5) is 0. The van der Waals surface area contributed by atoms with Crippen LogP contribution in [-0.2, 0) is 0 Å². The van der Waals surface area contributed by atoms with E-state index in [9.17, 15) is 15.3 Å². The van der Waals surface area contributed by atoms with Crippen LogP contribution < -0.4 is 0 Å². The average Bonchev–Trinajstić information content (AvgIpc) is 2.15. The second kappa shape index (κ2) is 5.59. The van der Waals surface area contributed by atoms with E-state index in [0.717, 1.165) is 0 Å². The third kappa shape index (κ3) is 2.88. The fourth-order valence-corrected chi connectivity index (χ4v) is 1.19. The molecular formula is C8H18O6. The molecule has 86 valence electrons. The van der Waals surface area contributed by atoms with Crippen LogP contribution in [0.2, 0.25) is 0 Å². The minimum absolute atomic E-state index is 0.194. The maximum Gasteiger partial charge on any atom is 0.142 e. The molecule has 0 aliphatic carbocycles. The fraction of sp³-hybridized carbons (Fsp3) is 1.00. The molecule has 0 rings (SSSR count). The molecule has 4 unspecified atom stereocenters. The zero-order chi connectivity index (χ0) is 11.4. The van der Waals surface area contributed by atoms with Crippen molar-refractivity contribution in [2.45, 2.75) is 37.3 Å². The van der Waals surface area contributed by atoms with Gasteiger partial charge in [-0.3, -0.25) is 0 Å². The van der Waals surface area contributed by atoms with Crippen molar-refractivity contribution in [3.63, 3.8) is 0 Å². The minimum atomic E-state index is -2.21. The van der Waals surface area contributed by atoms with E-state index in [1.54, 1.807) is 0 Å². The summed E-state index contributed by atoms with van der Waals surface area (Å²) in [5.41, 5.74) is -2.21. The van der Waals surface area contributed by atoms with Crippen molar-refractivity contribution in [3.8, 4) is 0 Å². The molecule has 0 heterocycles. The van der Waals surface area contributed by atoms with E-state index < -0.39 is 37.1 Å². The summed E-state index contributed by atoms with van der Waals surface area (Å²) >= 11 is 0. The summed E-state index contributed by atoms with van der Waals surface area (Å²) in [7, 11) is 0. The average molecular weight is 210 g/mol. The van der Waals surface area contributed by atoms with E-state index >= 15 is 0 Å². The normalized spacial score (nSPS) is 22.5. The molecule has 0 radical (unpaired) electrons. The quantitative estimate of drug-likeness (QED) is 0.281. The van der Waals surface area contributed by atoms with Gasteiger partial charge >= 0.3 is 0 Å². The number of aliphatic hydroxyl groups excluding tert-OH is 5. The van der Waals surface area contributed by atoms with Crippen LogP contribution in [0.5, 0.6) is 0 Å². The molecule has 14 heavy (non-hydrogen) atoms. The molecule has 6 nitrogen and oxygen atoms in total. The van der Waals surface area contributed by atoms with Crippen LogP contribution in [0, 0.1) is 0 Å². The molecule has 0 aromatic heterocycles. The Hall–Kier alpha value is -0.240. The van der Waals surface area contributed by atoms with Crippen molar-refractivity contribution in [2.75, 3.05) is 13.2 Å². The van der Waals surface area contributed by atoms with Gasteiger partial charge in [-0.05, 0) is 13.3 Å². The molecule has 0 spiro atoms. The molecule has 0 amide bonds. The van der Waals surface area contributed by atoms with Crippen molar-refractivity contribution in [3.05, 3.63) is 0 Å². The Bertz CT molecular complexity index is 162. The Kier molecular flexibility index (Phi) is 5.50. The Morgan fingerprint density at radius 2 is 1.64 bits per heavy atom. The van der Waals surface area contributed by atoms with Gasteiger partial charge in [0.2, 0.25) is 0 Å². The number of hydrogen-bond donors (Lipinski definition) is 6. The second-order valence-electron chi connectivity index (χ2n) is 3.36. The lowest BCUT2D eigenvalue weighted by Crippen LogP contribution is -2.58. The van der Waals surface area contributed by atoms with E-state index in [2.05, 4.69) is 0 Å². The lowest BCUT2D eigenvalue weighted by molar-refractivity contribution is -0.194. The third-order valence-electron chi connectivity index (χ3n) is 2.20. The molecule has 0 saturated carbocycles. The van der Waals surface area contributed by atoms with Crippen LogP contribution in [-0.4, -0.2) is 67.8 Å². The summed E-state index contributed by atoms with van der Waals surface area (Å²) in [5, 5.41) is 54.7. The van der Waals surface area contributed by atoms with E-state index in [1.807, 2.05) is 0 Å². The van der Waals surface area contributed by atoms with Crippen LogP contribution >= 0.6 is 0 Å². The standard InChI is InChI=1S/C8H18O6/c1-5(11)7(13)8(14,4-10)6(12)2-3-9/h5-7,9-14H,2-4H2,1H3. The predicted molar refractivity (Wildman–Crippen MR) is 47.4 cm³/mol. The van der Waals surface area contributed by atoms with E-state index in [0.29, 0.717) is 0 Å². The molecule has 0 aliphatic heterocycles. The number of aliphatic hydroxyl groups is 6. The molecule has 0 fully saturated rings. The summed E-state index contributed by atoms with van der Waals surface area (Å²) < 4.78 is 0. The minimum Gasteiger partial charge on any atom is -0.396 e. The van der Waals surface area contributed by atoms with Crippen LogP contribution in [0.3, 0.4) is 0 Å². The van der Waals surface area contributed by atoms with Crippen LogP contribution in [0.15, 0.2) is 0 Å². The molecule has 0 aromatic rings. The van der Waals surface area contributed by atoms with Gasteiger partial charge in [0, 0.05) is 6.61 Å². The van der Waals surface area contributed by atoms with Gasteiger partial charge in [0.1, 0.15) is 11.7 Å². The van der Waals surface area contributed by atoms with Gasteiger partial charge in [-0.15, -0.1) is 0 Å². The summed E-state index contributed by atoms with van der Waals surface area (Å²) in [6.07, 6.45) is -4.66. The molecular weight excluding hydrogens is 192 g/mol. The summed E-state index contributed by atoms with van der Waals surface area (Å²) in [5.74, 6) is 0. The highest BCUT2D eigenvalue weighted by molar-refractivity contribution is 4.94. The highest BCUT2D eigenvalue weighted by atomic mass is 16.4. The fourth-order valence-electron chi connectivity index (χ4n) is 1.19. The van der Waals surface area contributed by atoms with Crippen LogP contribution in [0.4, 0.5) is 0 Å². The second-order valence-corrected chi connectivity index (χ2v) is 3.36. The molecule has 0 bridgehead atoms. The van der Waals surface area contributed by atoms with Crippen LogP contribution in [0.25, 0.3) is 0 Å². The van der Waals surface area contributed by atoms with Gasteiger partial charge in [-0.1, -0.05) is 0 Å². The lowest BCUT2D eigenvalue weighted by Gasteiger charge is -2.36. The molecule has 0 aromatic carbocycles. The van der Waals surface area contributed by atoms with Crippen LogP contribution in [0.1, 0.15) is 13.3 Å². The molecule has 4 atom stereocenters. The maximum absolute atomic E-state index is 9.64. The predicted octanol–water partition coefficient (Wildman–Crippen LogP) is -2.81. The SMILES string of the molecule is CC(O)C(O)C(O)(CO)C(O)CCO. The topological polar surface area (TPSA) is 121 Å². The van der Waals surface area contributed by atoms with Gasteiger partial charge in [0.15, 0.2) is 0 Å². The zero-order valence-electron chi connectivity index (χ0n) is 8.04. The first-order valence-electron chi connectivity index (χ1n) is 4.38. The van der Waals surface area contributed by atoms with E-state index in [4.69, 9.17) is 15.3 Å². The highest BCUT2D eigenvalue weighted by Gasteiger charge is 2.44. The summed E-state index contributed by atoms with van der Waals surface area (Å²) in [6, 6.07) is 0. The number of rotatable bonds is 6. The third-order valence-corrected chi connectivity index (χ3v) is 2.20. The molecule has 6 heteroatoms. The smallest absolute Gasteiger partial charge is 0.142 e. The Labute approximate surface area is 82.1 Å². The first-order valence-corrected chi connectivity index (χ1v) is 4.38. The van der Waals surface area contributed by atoms with Gasteiger partial charge in [0.05, 0.1) is 18.8 Å². The van der Waals surface area contributed by atoms with Gasteiger partial charge in [-0.2, -0.15) is 0 Å². The summed E-state index contributed by atoms with van der Waals surface area (Å²) in [6.45, 7) is -0.0762.